The molecule has 0 radical (unpaired) electrons. The van der Waals surface area contributed by atoms with E-state index in [1.165, 1.54) is 5.69 Å². The number of piperazine rings is 1. The van der Waals surface area contributed by atoms with Gasteiger partial charge in [0.05, 0.1) is 12.8 Å². The van der Waals surface area contributed by atoms with Gasteiger partial charge in [-0.1, -0.05) is 37.3 Å². The molecule has 2 aromatic rings. The second-order valence-electron chi connectivity index (χ2n) is 5.90. The van der Waals surface area contributed by atoms with E-state index in [9.17, 15) is 0 Å². The summed E-state index contributed by atoms with van der Waals surface area (Å²) in [5.41, 5.74) is 10.3. The summed E-state index contributed by atoms with van der Waals surface area (Å²) in [6.07, 6.45) is 0. The van der Waals surface area contributed by atoms with E-state index in [1.54, 1.807) is 7.11 Å². The molecule has 2 aromatic carbocycles. The Morgan fingerprint density at radius 2 is 1.74 bits per heavy atom. The van der Waals surface area contributed by atoms with Crippen molar-refractivity contribution in [3.8, 4) is 16.9 Å². The lowest BCUT2D eigenvalue weighted by Crippen LogP contribution is -2.46. The molecule has 0 saturated carbocycles. The van der Waals surface area contributed by atoms with Crippen LogP contribution in [0.1, 0.15) is 6.92 Å². The number of nitrogens with two attached hydrogens (primary N) is 1. The van der Waals surface area contributed by atoms with Gasteiger partial charge >= 0.3 is 0 Å². The van der Waals surface area contributed by atoms with Gasteiger partial charge < -0.3 is 20.3 Å². The molecule has 122 valence electrons. The van der Waals surface area contributed by atoms with Crippen molar-refractivity contribution < 1.29 is 4.74 Å². The molecule has 1 heterocycles. The summed E-state index contributed by atoms with van der Waals surface area (Å²) in [6, 6.07) is 14.5. The predicted octanol–water partition coefficient (Wildman–Crippen LogP) is 3.09. The summed E-state index contributed by atoms with van der Waals surface area (Å²) in [5, 5.41) is 0. The SMILES string of the molecule is CCN1CCN(c2cc(N)c(OC)c(-c3ccccc3)c2)CC1. The smallest absolute Gasteiger partial charge is 0.149 e. The lowest BCUT2D eigenvalue weighted by molar-refractivity contribution is 0.271. The van der Waals surface area contributed by atoms with Gasteiger partial charge in [0, 0.05) is 37.4 Å². The summed E-state index contributed by atoms with van der Waals surface area (Å²) in [4.78, 5) is 4.88. The molecule has 1 aliphatic heterocycles. The van der Waals surface area contributed by atoms with Crippen molar-refractivity contribution in [3.05, 3.63) is 42.5 Å². The highest BCUT2D eigenvalue weighted by atomic mass is 16.5. The number of benzene rings is 2. The number of hydrogen-bond acceptors (Lipinski definition) is 4. The monoisotopic (exact) mass is 311 g/mol. The summed E-state index contributed by atoms with van der Waals surface area (Å²) in [7, 11) is 1.68. The largest absolute Gasteiger partial charge is 0.494 e. The van der Waals surface area contributed by atoms with Gasteiger partial charge in [0.25, 0.3) is 0 Å². The molecule has 0 aromatic heterocycles. The van der Waals surface area contributed by atoms with E-state index in [2.05, 4.69) is 34.9 Å². The van der Waals surface area contributed by atoms with Gasteiger partial charge in [0.15, 0.2) is 0 Å². The Morgan fingerprint density at radius 1 is 1.04 bits per heavy atom. The first kappa shape index (κ1) is 15.7. The molecule has 4 nitrogen and oxygen atoms in total. The highest BCUT2D eigenvalue weighted by molar-refractivity contribution is 5.82. The average Bonchev–Trinajstić information content (AvgIpc) is 2.62. The second-order valence-corrected chi connectivity index (χ2v) is 5.90. The minimum atomic E-state index is 0.696. The Kier molecular flexibility index (Phi) is 4.72. The van der Waals surface area contributed by atoms with Crippen LogP contribution in [0, 0.1) is 0 Å². The zero-order valence-electron chi connectivity index (χ0n) is 14.0. The van der Waals surface area contributed by atoms with Crippen molar-refractivity contribution in [1.82, 2.24) is 4.90 Å². The number of anilines is 2. The molecule has 0 atom stereocenters. The molecule has 4 heteroatoms. The quantitative estimate of drug-likeness (QED) is 0.881. The zero-order valence-corrected chi connectivity index (χ0v) is 14.0. The fraction of sp³-hybridized carbons (Fsp3) is 0.368. The Hall–Kier alpha value is -2.20. The minimum Gasteiger partial charge on any atom is -0.494 e. The average molecular weight is 311 g/mol. The second kappa shape index (κ2) is 6.92. The van der Waals surface area contributed by atoms with Crippen molar-refractivity contribution in [3.63, 3.8) is 0 Å². The molecule has 0 unspecified atom stereocenters. The van der Waals surface area contributed by atoms with E-state index in [1.807, 2.05) is 24.3 Å². The van der Waals surface area contributed by atoms with Gasteiger partial charge in [-0.05, 0) is 24.2 Å². The standard InChI is InChI=1S/C19H25N3O/c1-3-21-9-11-22(12-10-21)16-13-17(15-7-5-4-6-8-15)19(23-2)18(20)14-16/h4-8,13-14H,3,9-12,20H2,1-2H3. The van der Waals surface area contributed by atoms with Crippen LogP contribution in [-0.2, 0) is 0 Å². The molecular formula is C19H25N3O. The normalized spacial score (nSPS) is 15.7. The number of hydrogen-bond donors (Lipinski definition) is 1. The fourth-order valence-electron chi connectivity index (χ4n) is 3.20. The number of likely N-dealkylation sites (N-methyl/N-ethyl adjacent to an activating group) is 1. The molecule has 3 rings (SSSR count). The Bertz CT molecular complexity index is 649. The van der Waals surface area contributed by atoms with Crippen LogP contribution in [0.15, 0.2) is 42.5 Å². The van der Waals surface area contributed by atoms with E-state index in [0.717, 1.165) is 49.6 Å². The van der Waals surface area contributed by atoms with Gasteiger partial charge in [0.1, 0.15) is 5.75 Å². The summed E-state index contributed by atoms with van der Waals surface area (Å²) in [5.74, 6) is 0.757. The Labute approximate surface area is 138 Å². The number of nitrogens with zero attached hydrogens (tertiary/aromatic N) is 2. The van der Waals surface area contributed by atoms with Crippen LogP contribution in [-0.4, -0.2) is 44.7 Å². The number of rotatable bonds is 4. The van der Waals surface area contributed by atoms with Crippen LogP contribution in [0.5, 0.6) is 5.75 Å². The molecule has 1 aliphatic rings. The van der Waals surface area contributed by atoms with Crippen molar-refractivity contribution in [2.75, 3.05) is 50.5 Å². The van der Waals surface area contributed by atoms with Crippen molar-refractivity contribution in [2.45, 2.75) is 6.92 Å². The van der Waals surface area contributed by atoms with E-state index in [4.69, 9.17) is 10.5 Å². The minimum absolute atomic E-state index is 0.696. The van der Waals surface area contributed by atoms with Crippen LogP contribution in [0.4, 0.5) is 11.4 Å². The third-order valence-electron chi connectivity index (χ3n) is 4.58. The number of nitrogen functional groups attached to an aromatic ring is 1. The van der Waals surface area contributed by atoms with Crippen LogP contribution in [0.3, 0.4) is 0 Å². The fourth-order valence-corrected chi connectivity index (χ4v) is 3.20. The molecular weight excluding hydrogens is 286 g/mol. The number of ether oxygens (including phenoxy) is 1. The van der Waals surface area contributed by atoms with Crippen LogP contribution >= 0.6 is 0 Å². The maximum atomic E-state index is 6.27. The van der Waals surface area contributed by atoms with Crippen molar-refractivity contribution in [2.24, 2.45) is 0 Å². The first-order valence-electron chi connectivity index (χ1n) is 8.23. The van der Waals surface area contributed by atoms with Gasteiger partial charge in [-0.25, -0.2) is 0 Å². The van der Waals surface area contributed by atoms with Crippen LogP contribution < -0.4 is 15.4 Å². The summed E-state index contributed by atoms with van der Waals surface area (Å²) in [6.45, 7) is 7.61. The summed E-state index contributed by atoms with van der Waals surface area (Å²) >= 11 is 0. The van der Waals surface area contributed by atoms with E-state index in [0.29, 0.717) is 5.69 Å². The highest BCUT2D eigenvalue weighted by Crippen LogP contribution is 2.39. The van der Waals surface area contributed by atoms with Crippen LogP contribution in [0.2, 0.25) is 0 Å². The first-order valence-corrected chi connectivity index (χ1v) is 8.23. The molecule has 0 aliphatic carbocycles. The molecule has 23 heavy (non-hydrogen) atoms. The van der Waals surface area contributed by atoms with Gasteiger partial charge in [-0.3, -0.25) is 0 Å². The van der Waals surface area contributed by atoms with E-state index >= 15 is 0 Å². The third kappa shape index (κ3) is 3.27. The van der Waals surface area contributed by atoms with E-state index in [-0.39, 0.29) is 0 Å². The topological polar surface area (TPSA) is 41.7 Å². The molecule has 0 spiro atoms. The third-order valence-corrected chi connectivity index (χ3v) is 4.58. The van der Waals surface area contributed by atoms with Crippen molar-refractivity contribution >= 4 is 11.4 Å². The lowest BCUT2D eigenvalue weighted by atomic mass is 10.0. The van der Waals surface area contributed by atoms with Gasteiger partial charge in [0.2, 0.25) is 0 Å². The molecule has 1 fully saturated rings. The highest BCUT2D eigenvalue weighted by Gasteiger charge is 2.19. The Balaban J connectivity index is 1.95. The molecule has 0 amide bonds. The van der Waals surface area contributed by atoms with Crippen molar-refractivity contribution in [1.29, 1.82) is 0 Å². The molecule has 0 bridgehead atoms. The number of methoxy groups -OCH3 is 1. The van der Waals surface area contributed by atoms with Gasteiger partial charge in [-0.2, -0.15) is 0 Å². The first-order chi connectivity index (χ1) is 11.2. The molecule has 1 saturated heterocycles. The Morgan fingerprint density at radius 3 is 2.35 bits per heavy atom. The van der Waals surface area contributed by atoms with E-state index < -0.39 is 0 Å². The van der Waals surface area contributed by atoms with Gasteiger partial charge in [-0.15, -0.1) is 0 Å². The summed E-state index contributed by atoms with van der Waals surface area (Å²) < 4.78 is 5.56. The zero-order chi connectivity index (χ0) is 16.2. The predicted molar refractivity (Wildman–Crippen MR) is 97.2 cm³/mol. The van der Waals surface area contributed by atoms with Crippen LogP contribution in [0.25, 0.3) is 11.1 Å². The lowest BCUT2D eigenvalue weighted by Gasteiger charge is -2.36. The molecule has 2 N–H and O–H groups in total. The maximum Gasteiger partial charge on any atom is 0.149 e. The maximum absolute atomic E-state index is 6.27.